The van der Waals surface area contributed by atoms with E-state index < -0.39 is 71.5 Å². The lowest BCUT2D eigenvalue weighted by Gasteiger charge is -2.25. The van der Waals surface area contributed by atoms with Crippen LogP contribution in [0.5, 0.6) is 5.75 Å². The maximum absolute atomic E-state index is 14.6. The van der Waals surface area contributed by atoms with Gasteiger partial charge in [0.15, 0.2) is 0 Å². The quantitative estimate of drug-likeness (QED) is 0.0505. The molecule has 0 spiro atoms. The predicted octanol–water partition coefficient (Wildman–Crippen LogP) is 4.37. The average molecular weight is 855 g/mol. The largest absolute Gasteiger partial charge is 0.476 e. The number of carbonyl (C=O) groups excluding carboxylic acids is 5. The van der Waals surface area contributed by atoms with Gasteiger partial charge in [0.25, 0.3) is 0 Å². The normalized spacial score (nSPS) is 13.4. The van der Waals surface area contributed by atoms with E-state index in [4.69, 9.17) is 25.4 Å². The summed E-state index contributed by atoms with van der Waals surface area (Å²) >= 11 is 0. The third kappa shape index (κ3) is 11.9. The van der Waals surface area contributed by atoms with Gasteiger partial charge in [-0.3, -0.25) is 19.2 Å². The molecule has 3 atom stereocenters. The van der Waals surface area contributed by atoms with Gasteiger partial charge in [-0.25, -0.2) is 14.4 Å². The number of amides is 4. The summed E-state index contributed by atoms with van der Waals surface area (Å²) in [5.41, 5.74) is 10.5. The summed E-state index contributed by atoms with van der Waals surface area (Å²) in [6, 6.07) is 24.8. The number of rotatable bonds is 21. The molecule has 1 aliphatic carbocycles. The summed E-state index contributed by atoms with van der Waals surface area (Å²) in [4.78, 5) is 89.2. The molecule has 4 amide bonds. The maximum Gasteiger partial charge on any atom is 0.443 e. The zero-order chi connectivity index (χ0) is 45.0. The van der Waals surface area contributed by atoms with Crippen LogP contribution >= 0.6 is 0 Å². The minimum Gasteiger partial charge on any atom is -0.476 e. The number of hydrogen-bond donors (Lipinski definition) is 6. The number of aliphatic carboxylic acids is 2. The Labute approximate surface area is 355 Å². The third-order valence-corrected chi connectivity index (χ3v) is 10.0. The first-order valence-corrected chi connectivity index (χ1v) is 19.7. The Bertz CT molecular complexity index is 2210. The summed E-state index contributed by atoms with van der Waals surface area (Å²) in [5, 5.41) is 25.8. The Balaban J connectivity index is 1.36. The third-order valence-electron chi connectivity index (χ3n) is 10.0. The molecule has 17 heteroatoms. The number of carbonyl (C=O) groups is 7. The number of nitrogens with one attached hydrogen (secondary N) is 3. The van der Waals surface area contributed by atoms with E-state index in [-0.39, 0.29) is 56.3 Å². The van der Waals surface area contributed by atoms with Crippen molar-refractivity contribution in [3.05, 3.63) is 125 Å². The molecule has 0 aliphatic heterocycles. The van der Waals surface area contributed by atoms with Crippen molar-refractivity contribution in [2.75, 3.05) is 6.61 Å². The number of primary amides is 1. The lowest BCUT2D eigenvalue weighted by molar-refractivity contribution is -0.191. The molecule has 0 bridgehead atoms. The van der Waals surface area contributed by atoms with Crippen molar-refractivity contribution >= 4 is 41.7 Å². The molecule has 0 radical (unpaired) electrons. The van der Waals surface area contributed by atoms with Crippen LogP contribution in [-0.4, -0.2) is 82.5 Å². The number of alkyl carbamates (subject to hydrolysis) is 1. The van der Waals surface area contributed by atoms with Crippen LogP contribution in [0, 0.1) is 5.92 Å². The fourth-order valence-corrected chi connectivity index (χ4v) is 6.87. The lowest BCUT2D eigenvalue weighted by atomic mass is 9.98. The smallest absolute Gasteiger partial charge is 0.443 e. The van der Waals surface area contributed by atoms with E-state index in [2.05, 4.69) is 20.7 Å². The minimum absolute atomic E-state index is 0.0429. The van der Waals surface area contributed by atoms with Crippen LogP contribution in [-0.2, 0) is 51.3 Å². The number of esters is 1. The van der Waals surface area contributed by atoms with Crippen molar-refractivity contribution in [2.45, 2.75) is 76.0 Å². The first-order valence-electron chi connectivity index (χ1n) is 19.7. The van der Waals surface area contributed by atoms with E-state index in [1.54, 1.807) is 44.2 Å². The maximum atomic E-state index is 14.6. The van der Waals surface area contributed by atoms with E-state index in [0.29, 0.717) is 0 Å². The number of carboxylic acid groups (broad SMARTS) is 2. The zero-order valence-electron chi connectivity index (χ0n) is 33.9. The van der Waals surface area contributed by atoms with Gasteiger partial charge in [-0.05, 0) is 64.3 Å². The first-order chi connectivity index (χ1) is 29.5. The monoisotopic (exact) mass is 854 g/mol. The fraction of sp³-hybridized carbons (Fsp3) is 0.311. The second-order valence-corrected chi connectivity index (χ2v) is 15.0. The van der Waals surface area contributed by atoms with Gasteiger partial charge in [-0.2, -0.15) is 4.39 Å². The minimum atomic E-state index is -4.10. The molecule has 0 heterocycles. The highest BCUT2D eigenvalue weighted by atomic mass is 19.2. The van der Waals surface area contributed by atoms with Crippen LogP contribution < -0.4 is 26.4 Å². The fourth-order valence-electron chi connectivity index (χ4n) is 6.87. The Morgan fingerprint density at radius 1 is 0.694 bits per heavy atom. The summed E-state index contributed by atoms with van der Waals surface area (Å²) in [7, 11) is 0. The van der Waals surface area contributed by atoms with E-state index in [1.807, 2.05) is 48.5 Å². The Morgan fingerprint density at radius 2 is 1.24 bits per heavy atom. The van der Waals surface area contributed by atoms with Gasteiger partial charge < -0.3 is 46.1 Å². The molecule has 326 valence electrons. The van der Waals surface area contributed by atoms with Crippen molar-refractivity contribution in [1.29, 1.82) is 0 Å². The average Bonchev–Trinajstić information content (AvgIpc) is 3.57. The van der Waals surface area contributed by atoms with Crippen molar-refractivity contribution in [1.82, 2.24) is 16.0 Å². The first kappa shape index (κ1) is 45.8. The van der Waals surface area contributed by atoms with Crippen LogP contribution in [0.4, 0.5) is 9.18 Å². The number of benzene rings is 4. The van der Waals surface area contributed by atoms with Gasteiger partial charge in [0.1, 0.15) is 37.1 Å². The van der Waals surface area contributed by atoms with E-state index >= 15 is 0 Å². The Hall–Kier alpha value is -7.30. The van der Waals surface area contributed by atoms with Gasteiger partial charge in [0.05, 0.1) is 0 Å². The lowest BCUT2D eigenvalue weighted by Crippen LogP contribution is -2.57. The van der Waals surface area contributed by atoms with E-state index in [9.17, 15) is 38.0 Å². The van der Waals surface area contributed by atoms with Crippen LogP contribution in [0.15, 0.2) is 103 Å². The molecule has 62 heavy (non-hydrogen) atoms. The number of hydrogen-bond acceptors (Lipinski definition) is 10. The van der Waals surface area contributed by atoms with Crippen molar-refractivity contribution in [3.63, 3.8) is 0 Å². The number of alkyl halides is 1. The number of fused-ring (bicyclic) bond motifs is 3. The molecule has 1 unspecified atom stereocenters. The van der Waals surface area contributed by atoms with Gasteiger partial charge in [-0.15, -0.1) is 0 Å². The molecule has 4 aromatic rings. The molecule has 0 saturated carbocycles. The van der Waals surface area contributed by atoms with Crippen LogP contribution in [0.3, 0.4) is 0 Å². The summed E-state index contributed by atoms with van der Waals surface area (Å²) < 4.78 is 30.2. The highest BCUT2D eigenvalue weighted by Crippen LogP contribution is 2.44. The Morgan fingerprint density at radius 3 is 1.81 bits per heavy atom. The van der Waals surface area contributed by atoms with Crippen LogP contribution in [0.2, 0.25) is 0 Å². The number of ether oxygens (including phenoxy) is 3. The molecule has 4 aromatic carbocycles. The van der Waals surface area contributed by atoms with Crippen molar-refractivity contribution in [3.8, 4) is 16.9 Å². The summed E-state index contributed by atoms with van der Waals surface area (Å²) in [5.74, 6) is -13.1. The molecular weight excluding hydrogens is 808 g/mol. The molecule has 0 aromatic heterocycles. The molecule has 0 saturated heterocycles. The van der Waals surface area contributed by atoms with Gasteiger partial charge >= 0.3 is 29.9 Å². The second-order valence-electron chi connectivity index (χ2n) is 15.0. The predicted molar refractivity (Wildman–Crippen MR) is 220 cm³/mol. The van der Waals surface area contributed by atoms with E-state index in [0.717, 1.165) is 39.9 Å². The van der Waals surface area contributed by atoms with Crippen LogP contribution in [0.25, 0.3) is 11.1 Å². The standard InChI is InChI=1S/C45H47FN4O12/c1-26(2)22-36(39(47)52)48-41(54)37(23-27-16-18-29(19-17-27)62-45(46,42(55)56)43(57)58)49-40(53)35(20-21-38(51)60-24-28-10-4-3-5-11-28)50-44(59)61-25-34-32-14-8-6-12-30(32)31-13-7-9-15-33(31)34/h3-19,26,34-37H,20-25H2,1-2H3,(H2,47,52)(H,48,54)(H,49,53)(H,50,59)(H,55,56)(H,57,58)/t35?,36-,37-/m0/s1. The molecule has 16 nitrogen and oxygen atoms in total. The van der Waals surface area contributed by atoms with Gasteiger partial charge in [0, 0.05) is 18.8 Å². The zero-order valence-corrected chi connectivity index (χ0v) is 33.9. The topological polar surface area (TPSA) is 250 Å². The second kappa shape index (κ2) is 20.8. The van der Waals surface area contributed by atoms with Crippen molar-refractivity contribution < 1.29 is 62.4 Å². The molecular formula is C45H47FN4O12. The summed E-state index contributed by atoms with van der Waals surface area (Å²) in [6.07, 6.45) is -1.77. The highest BCUT2D eigenvalue weighted by molar-refractivity contribution is 6.00. The molecule has 7 N–H and O–H groups in total. The molecule has 1 aliphatic rings. The van der Waals surface area contributed by atoms with Crippen LogP contribution in [0.1, 0.15) is 61.3 Å². The number of nitrogens with two attached hydrogens (primary N) is 1. The highest BCUT2D eigenvalue weighted by Gasteiger charge is 2.51. The van der Waals surface area contributed by atoms with E-state index in [1.165, 1.54) is 12.1 Å². The molecule has 0 fully saturated rings. The number of halogens is 1. The van der Waals surface area contributed by atoms with Gasteiger partial charge in [0.2, 0.25) is 17.7 Å². The summed E-state index contributed by atoms with van der Waals surface area (Å²) in [6.45, 7) is 3.47. The Kier molecular flexibility index (Phi) is 15.3. The van der Waals surface area contributed by atoms with Gasteiger partial charge in [-0.1, -0.05) is 105 Å². The molecule has 5 rings (SSSR count). The van der Waals surface area contributed by atoms with Crippen molar-refractivity contribution in [2.24, 2.45) is 11.7 Å². The number of carboxylic acids is 2. The SMILES string of the molecule is CC(C)C[C@H](NC(=O)[C@H](Cc1ccc(OC(F)(C(=O)O)C(=O)O)cc1)NC(=O)C(CCC(=O)OCc1ccccc1)NC(=O)OCC1c2ccccc2-c2ccccc21)C(N)=O.